The molecule has 0 aliphatic rings. The van der Waals surface area contributed by atoms with Gasteiger partial charge in [0.15, 0.2) is 11.7 Å². The fourth-order valence-corrected chi connectivity index (χ4v) is 3.04. The van der Waals surface area contributed by atoms with Gasteiger partial charge in [-0.25, -0.2) is 4.98 Å². The largest absolute Gasteiger partial charge is 0.483 e. The molecule has 6 nitrogen and oxygen atoms in total. The first-order valence-corrected chi connectivity index (χ1v) is 9.20. The van der Waals surface area contributed by atoms with Crippen LogP contribution in [-0.2, 0) is 4.79 Å². The van der Waals surface area contributed by atoms with E-state index in [-0.39, 0.29) is 18.4 Å². The highest BCUT2D eigenvalue weighted by Crippen LogP contribution is 2.22. The van der Waals surface area contributed by atoms with Gasteiger partial charge in [-0.2, -0.15) is 0 Å². The Hall–Kier alpha value is -3.19. The topological polar surface area (TPSA) is 80.3 Å². The summed E-state index contributed by atoms with van der Waals surface area (Å²) in [6, 6.07) is 12.5. The van der Waals surface area contributed by atoms with Gasteiger partial charge < -0.3 is 10.1 Å². The molecule has 1 heterocycles. The van der Waals surface area contributed by atoms with Gasteiger partial charge in [0.05, 0.1) is 0 Å². The maximum atomic E-state index is 12.1. The molecule has 2 amide bonds. The summed E-state index contributed by atoms with van der Waals surface area (Å²) in [4.78, 5) is 28.2. The van der Waals surface area contributed by atoms with E-state index in [4.69, 9.17) is 4.74 Å². The zero-order valence-electron chi connectivity index (χ0n) is 15.0. The minimum Gasteiger partial charge on any atom is -0.483 e. The number of aryl methyl sites for hydroxylation is 2. The number of carbonyl (C=O) groups excluding carboxylic acids is 2. The summed E-state index contributed by atoms with van der Waals surface area (Å²) in [5.74, 6) is 0.209. The second kappa shape index (κ2) is 8.46. The average Bonchev–Trinajstić information content (AvgIpc) is 3.15. The molecule has 1 aromatic heterocycles. The van der Waals surface area contributed by atoms with Crippen molar-refractivity contribution in [1.82, 2.24) is 4.98 Å². The van der Waals surface area contributed by atoms with Crippen molar-refractivity contribution < 1.29 is 14.3 Å². The van der Waals surface area contributed by atoms with Crippen LogP contribution in [0.15, 0.2) is 54.0 Å². The molecule has 138 valence electrons. The molecule has 0 radical (unpaired) electrons. The number of carbonyl (C=O) groups is 2. The van der Waals surface area contributed by atoms with Crippen LogP contribution in [0.25, 0.3) is 0 Å². The molecule has 0 unspecified atom stereocenters. The first-order chi connectivity index (χ1) is 13.0. The number of aromatic nitrogens is 1. The zero-order chi connectivity index (χ0) is 19.2. The van der Waals surface area contributed by atoms with Crippen LogP contribution in [0.1, 0.15) is 21.5 Å². The summed E-state index contributed by atoms with van der Waals surface area (Å²) < 4.78 is 5.64. The Kier molecular flexibility index (Phi) is 5.83. The predicted molar refractivity (Wildman–Crippen MR) is 107 cm³/mol. The minimum atomic E-state index is -0.266. The molecule has 0 fully saturated rings. The van der Waals surface area contributed by atoms with Gasteiger partial charge in [-0.3, -0.25) is 14.9 Å². The smallest absolute Gasteiger partial charge is 0.262 e. The quantitative estimate of drug-likeness (QED) is 0.676. The highest BCUT2D eigenvalue weighted by Gasteiger charge is 2.10. The van der Waals surface area contributed by atoms with Crippen molar-refractivity contribution in [2.24, 2.45) is 0 Å². The Bertz CT molecular complexity index is 917. The third-order valence-corrected chi connectivity index (χ3v) is 4.53. The summed E-state index contributed by atoms with van der Waals surface area (Å²) in [7, 11) is 0. The molecular formula is C20H19N3O3S. The Balaban J connectivity index is 1.54. The summed E-state index contributed by atoms with van der Waals surface area (Å²) in [6.45, 7) is 3.80. The molecule has 0 saturated heterocycles. The van der Waals surface area contributed by atoms with E-state index in [1.165, 1.54) is 11.3 Å². The molecule has 0 aliphatic heterocycles. The molecule has 0 atom stereocenters. The van der Waals surface area contributed by atoms with Crippen LogP contribution in [-0.4, -0.2) is 23.4 Å². The number of anilines is 2. The van der Waals surface area contributed by atoms with Crippen molar-refractivity contribution in [2.75, 3.05) is 17.2 Å². The number of amides is 2. The van der Waals surface area contributed by atoms with Crippen LogP contribution < -0.4 is 15.4 Å². The van der Waals surface area contributed by atoms with Crippen molar-refractivity contribution in [1.29, 1.82) is 0 Å². The van der Waals surface area contributed by atoms with Crippen LogP contribution in [0.3, 0.4) is 0 Å². The van der Waals surface area contributed by atoms with Crippen molar-refractivity contribution in [3.8, 4) is 5.75 Å². The number of ether oxygens (including phenoxy) is 1. The standard InChI is InChI=1S/C20H19N3O3S/c1-13-4-3-5-14(2)18(13)26-12-17(24)22-16-8-6-15(7-9-16)19(25)23-20-21-10-11-27-20/h3-11H,12H2,1-2H3,(H,22,24)(H,21,23,25). The highest BCUT2D eigenvalue weighted by atomic mass is 32.1. The van der Waals surface area contributed by atoms with E-state index in [9.17, 15) is 9.59 Å². The third kappa shape index (κ3) is 4.92. The first-order valence-electron chi connectivity index (χ1n) is 8.32. The molecule has 0 aliphatic carbocycles. The van der Waals surface area contributed by atoms with E-state index < -0.39 is 0 Å². The summed E-state index contributed by atoms with van der Waals surface area (Å²) >= 11 is 1.35. The van der Waals surface area contributed by atoms with Crippen molar-refractivity contribution in [3.05, 3.63) is 70.7 Å². The number of hydrogen-bond acceptors (Lipinski definition) is 5. The van der Waals surface area contributed by atoms with Crippen LogP contribution in [0.2, 0.25) is 0 Å². The van der Waals surface area contributed by atoms with E-state index in [1.54, 1.807) is 35.8 Å². The first kappa shape index (κ1) is 18.6. The zero-order valence-corrected chi connectivity index (χ0v) is 15.8. The van der Waals surface area contributed by atoms with Gasteiger partial charge in [-0.15, -0.1) is 11.3 Å². The van der Waals surface area contributed by atoms with Gasteiger partial charge in [-0.1, -0.05) is 18.2 Å². The number of thiazole rings is 1. The number of rotatable bonds is 6. The lowest BCUT2D eigenvalue weighted by Gasteiger charge is -2.12. The molecule has 0 saturated carbocycles. The maximum absolute atomic E-state index is 12.1. The lowest BCUT2D eigenvalue weighted by atomic mass is 10.1. The monoisotopic (exact) mass is 381 g/mol. The van der Waals surface area contributed by atoms with Crippen molar-refractivity contribution in [3.63, 3.8) is 0 Å². The Morgan fingerprint density at radius 3 is 2.37 bits per heavy atom. The highest BCUT2D eigenvalue weighted by molar-refractivity contribution is 7.13. The molecule has 27 heavy (non-hydrogen) atoms. The van der Waals surface area contributed by atoms with E-state index in [1.807, 2.05) is 32.0 Å². The van der Waals surface area contributed by atoms with Crippen LogP contribution in [0.4, 0.5) is 10.8 Å². The number of para-hydroxylation sites is 1. The van der Waals surface area contributed by atoms with Gasteiger partial charge in [0, 0.05) is 22.8 Å². The summed E-state index contributed by atoms with van der Waals surface area (Å²) in [5, 5.41) is 7.79. The third-order valence-electron chi connectivity index (χ3n) is 3.84. The number of nitrogens with zero attached hydrogens (tertiary/aromatic N) is 1. The maximum Gasteiger partial charge on any atom is 0.262 e. The fraction of sp³-hybridized carbons (Fsp3) is 0.150. The molecule has 3 aromatic rings. The Morgan fingerprint density at radius 1 is 1.04 bits per heavy atom. The molecule has 0 bridgehead atoms. The van der Waals surface area contributed by atoms with Crippen molar-refractivity contribution >= 4 is 34.0 Å². The number of nitrogens with one attached hydrogen (secondary N) is 2. The van der Waals surface area contributed by atoms with Crippen LogP contribution >= 0.6 is 11.3 Å². The second-order valence-corrected chi connectivity index (χ2v) is 6.82. The molecule has 2 N–H and O–H groups in total. The fourth-order valence-electron chi connectivity index (χ4n) is 2.52. The molecule has 7 heteroatoms. The number of benzene rings is 2. The molecule has 0 spiro atoms. The van der Waals surface area contributed by atoms with Gasteiger partial charge in [0.1, 0.15) is 5.75 Å². The second-order valence-electron chi connectivity index (χ2n) is 5.93. The average molecular weight is 381 g/mol. The number of hydrogen-bond donors (Lipinski definition) is 2. The van der Waals surface area contributed by atoms with Crippen LogP contribution in [0, 0.1) is 13.8 Å². The SMILES string of the molecule is Cc1cccc(C)c1OCC(=O)Nc1ccc(C(=O)Nc2nccs2)cc1. The van der Waals surface area contributed by atoms with E-state index in [2.05, 4.69) is 15.6 Å². The van der Waals surface area contributed by atoms with Gasteiger partial charge in [0.2, 0.25) is 0 Å². The Labute approximate surface area is 161 Å². The summed E-state index contributed by atoms with van der Waals surface area (Å²) in [6.07, 6.45) is 1.62. The van der Waals surface area contributed by atoms with E-state index in [0.29, 0.717) is 16.4 Å². The van der Waals surface area contributed by atoms with E-state index >= 15 is 0 Å². The van der Waals surface area contributed by atoms with E-state index in [0.717, 1.165) is 16.9 Å². The lowest BCUT2D eigenvalue weighted by Crippen LogP contribution is -2.20. The normalized spacial score (nSPS) is 10.3. The minimum absolute atomic E-state index is 0.0853. The summed E-state index contributed by atoms with van der Waals surface area (Å²) in [5.41, 5.74) is 3.04. The van der Waals surface area contributed by atoms with Gasteiger partial charge >= 0.3 is 0 Å². The van der Waals surface area contributed by atoms with Gasteiger partial charge in [-0.05, 0) is 49.2 Å². The van der Waals surface area contributed by atoms with Gasteiger partial charge in [0.25, 0.3) is 11.8 Å². The Morgan fingerprint density at radius 2 is 1.74 bits per heavy atom. The molecule has 2 aromatic carbocycles. The van der Waals surface area contributed by atoms with Crippen molar-refractivity contribution in [2.45, 2.75) is 13.8 Å². The molecule has 3 rings (SSSR count). The molecular weight excluding hydrogens is 362 g/mol. The lowest BCUT2D eigenvalue weighted by molar-refractivity contribution is -0.118. The van der Waals surface area contributed by atoms with Crippen LogP contribution in [0.5, 0.6) is 5.75 Å². The predicted octanol–water partition coefficient (Wildman–Crippen LogP) is 4.03.